The van der Waals surface area contributed by atoms with Gasteiger partial charge in [-0.05, 0) is 38.8 Å². The van der Waals surface area contributed by atoms with Crippen LogP contribution in [0, 0.1) is 0 Å². The first kappa shape index (κ1) is 12.9. The molecule has 0 saturated carbocycles. The van der Waals surface area contributed by atoms with E-state index in [-0.39, 0.29) is 12.1 Å². The second-order valence-corrected chi connectivity index (χ2v) is 6.03. The minimum atomic E-state index is -0.182. The fourth-order valence-corrected chi connectivity index (χ4v) is 3.71. The molecule has 0 spiro atoms. The standard InChI is InChI=1S/C14H26N2O2/c17-14-5-9-18-11-13(14)16-8-4-12(10-16)15-6-2-1-3-7-15/h12-14,17H,1-11H2. The Balaban J connectivity index is 1.53. The molecule has 1 N–H and O–H groups in total. The third kappa shape index (κ3) is 2.72. The zero-order valence-corrected chi connectivity index (χ0v) is 11.3. The van der Waals surface area contributed by atoms with Crippen molar-refractivity contribution in [2.24, 2.45) is 0 Å². The second kappa shape index (κ2) is 5.87. The van der Waals surface area contributed by atoms with Gasteiger partial charge >= 0.3 is 0 Å². The smallest absolute Gasteiger partial charge is 0.0739 e. The number of hydrogen-bond acceptors (Lipinski definition) is 4. The van der Waals surface area contributed by atoms with E-state index in [1.54, 1.807) is 0 Å². The molecule has 0 aliphatic carbocycles. The van der Waals surface area contributed by atoms with Crippen LogP contribution in [0.1, 0.15) is 32.1 Å². The fourth-order valence-electron chi connectivity index (χ4n) is 3.71. The van der Waals surface area contributed by atoms with Gasteiger partial charge in [0, 0.05) is 25.7 Å². The number of likely N-dealkylation sites (tertiary alicyclic amines) is 2. The van der Waals surface area contributed by atoms with E-state index in [4.69, 9.17) is 4.74 Å². The van der Waals surface area contributed by atoms with Crippen LogP contribution in [0.3, 0.4) is 0 Å². The molecule has 3 aliphatic rings. The molecule has 4 heteroatoms. The van der Waals surface area contributed by atoms with Crippen molar-refractivity contribution in [3.63, 3.8) is 0 Å². The summed E-state index contributed by atoms with van der Waals surface area (Å²) in [6, 6.07) is 0.966. The third-order valence-corrected chi connectivity index (χ3v) is 4.86. The monoisotopic (exact) mass is 254 g/mol. The van der Waals surface area contributed by atoms with Crippen molar-refractivity contribution in [1.82, 2.24) is 9.80 Å². The minimum Gasteiger partial charge on any atom is -0.391 e. The van der Waals surface area contributed by atoms with Gasteiger partial charge in [0.2, 0.25) is 0 Å². The van der Waals surface area contributed by atoms with Crippen LogP contribution >= 0.6 is 0 Å². The van der Waals surface area contributed by atoms with Crippen molar-refractivity contribution < 1.29 is 9.84 Å². The number of ether oxygens (including phenoxy) is 1. The first-order valence-corrected chi connectivity index (χ1v) is 7.58. The highest BCUT2D eigenvalue weighted by Crippen LogP contribution is 2.24. The van der Waals surface area contributed by atoms with Crippen LogP contribution in [0.5, 0.6) is 0 Å². The lowest BCUT2D eigenvalue weighted by Gasteiger charge is -2.36. The fraction of sp³-hybridized carbons (Fsp3) is 1.00. The SMILES string of the molecule is OC1CCOCC1N1CCC(N2CCCCC2)C1. The summed E-state index contributed by atoms with van der Waals surface area (Å²) >= 11 is 0. The second-order valence-electron chi connectivity index (χ2n) is 6.03. The molecular weight excluding hydrogens is 228 g/mol. The third-order valence-electron chi connectivity index (χ3n) is 4.86. The van der Waals surface area contributed by atoms with Crippen molar-refractivity contribution in [1.29, 1.82) is 0 Å². The minimum absolute atomic E-state index is 0.182. The molecule has 3 atom stereocenters. The number of rotatable bonds is 2. The van der Waals surface area contributed by atoms with Crippen molar-refractivity contribution in [2.75, 3.05) is 39.4 Å². The van der Waals surface area contributed by atoms with E-state index in [1.165, 1.54) is 38.8 Å². The van der Waals surface area contributed by atoms with Gasteiger partial charge in [-0.2, -0.15) is 0 Å². The van der Waals surface area contributed by atoms with Gasteiger partial charge < -0.3 is 9.84 Å². The van der Waals surface area contributed by atoms with E-state index in [9.17, 15) is 5.11 Å². The molecular formula is C14H26N2O2. The maximum Gasteiger partial charge on any atom is 0.0739 e. The molecule has 3 heterocycles. The number of hydrogen-bond donors (Lipinski definition) is 1. The zero-order chi connectivity index (χ0) is 12.4. The lowest BCUT2D eigenvalue weighted by Crippen LogP contribution is -2.50. The summed E-state index contributed by atoms with van der Waals surface area (Å²) in [5.74, 6) is 0. The molecule has 3 fully saturated rings. The maximum atomic E-state index is 10.1. The number of piperidine rings is 1. The van der Waals surface area contributed by atoms with Gasteiger partial charge in [-0.1, -0.05) is 6.42 Å². The van der Waals surface area contributed by atoms with Crippen molar-refractivity contribution >= 4 is 0 Å². The average Bonchev–Trinajstić information content (AvgIpc) is 2.90. The molecule has 3 saturated heterocycles. The van der Waals surface area contributed by atoms with Crippen LogP contribution in [0.2, 0.25) is 0 Å². The molecule has 0 aromatic heterocycles. The molecule has 3 rings (SSSR count). The van der Waals surface area contributed by atoms with Gasteiger partial charge in [0.05, 0.1) is 18.8 Å². The van der Waals surface area contributed by atoms with Gasteiger partial charge in [0.15, 0.2) is 0 Å². The van der Waals surface area contributed by atoms with E-state index < -0.39 is 0 Å². The normalized spacial score (nSPS) is 40.2. The summed E-state index contributed by atoms with van der Waals surface area (Å²) in [6.07, 6.45) is 6.02. The first-order valence-electron chi connectivity index (χ1n) is 7.58. The summed E-state index contributed by atoms with van der Waals surface area (Å²) in [5, 5.41) is 10.1. The van der Waals surface area contributed by atoms with E-state index in [0.717, 1.165) is 32.2 Å². The number of aliphatic hydroxyl groups is 1. The molecule has 3 aliphatic heterocycles. The Hall–Kier alpha value is -0.160. The Morgan fingerprint density at radius 2 is 1.78 bits per heavy atom. The van der Waals surface area contributed by atoms with Crippen LogP contribution < -0.4 is 0 Å². The van der Waals surface area contributed by atoms with Crippen molar-refractivity contribution in [3.8, 4) is 0 Å². The number of aliphatic hydroxyl groups excluding tert-OH is 1. The molecule has 18 heavy (non-hydrogen) atoms. The van der Waals surface area contributed by atoms with Crippen LogP contribution in [0.4, 0.5) is 0 Å². The van der Waals surface area contributed by atoms with Gasteiger partial charge in [-0.3, -0.25) is 9.80 Å². The van der Waals surface area contributed by atoms with Crippen LogP contribution in [-0.4, -0.2) is 72.5 Å². The Morgan fingerprint density at radius 3 is 2.56 bits per heavy atom. The van der Waals surface area contributed by atoms with Gasteiger partial charge in [0.1, 0.15) is 0 Å². The summed E-state index contributed by atoms with van der Waals surface area (Å²) in [5.41, 5.74) is 0. The highest BCUT2D eigenvalue weighted by atomic mass is 16.5. The number of nitrogens with zero attached hydrogens (tertiary/aromatic N) is 2. The van der Waals surface area contributed by atoms with E-state index >= 15 is 0 Å². The molecule has 3 unspecified atom stereocenters. The van der Waals surface area contributed by atoms with Gasteiger partial charge in [-0.25, -0.2) is 0 Å². The van der Waals surface area contributed by atoms with Crippen LogP contribution in [0.15, 0.2) is 0 Å². The van der Waals surface area contributed by atoms with Crippen molar-refractivity contribution in [2.45, 2.75) is 50.3 Å². The zero-order valence-electron chi connectivity index (χ0n) is 11.3. The lowest BCUT2D eigenvalue weighted by atomic mass is 10.1. The largest absolute Gasteiger partial charge is 0.391 e. The summed E-state index contributed by atoms with van der Waals surface area (Å²) in [4.78, 5) is 5.13. The van der Waals surface area contributed by atoms with Crippen LogP contribution in [-0.2, 0) is 4.74 Å². The average molecular weight is 254 g/mol. The lowest BCUT2D eigenvalue weighted by molar-refractivity contribution is -0.0566. The topological polar surface area (TPSA) is 35.9 Å². The first-order chi connectivity index (χ1) is 8.84. The van der Waals surface area contributed by atoms with E-state index in [2.05, 4.69) is 9.80 Å². The molecule has 0 aromatic carbocycles. The van der Waals surface area contributed by atoms with Gasteiger partial charge in [-0.15, -0.1) is 0 Å². The highest BCUT2D eigenvalue weighted by Gasteiger charge is 2.36. The van der Waals surface area contributed by atoms with Crippen LogP contribution in [0.25, 0.3) is 0 Å². The molecule has 0 amide bonds. The summed E-state index contributed by atoms with van der Waals surface area (Å²) in [7, 11) is 0. The van der Waals surface area contributed by atoms with Gasteiger partial charge in [0.25, 0.3) is 0 Å². The Bertz CT molecular complexity index is 269. The quantitative estimate of drug-likeness (QED) is 0.787. The molecule has 104 valence electrons. The summed E-state index contributed by atoms with van der Waals surface area (Å²) in [6.45, 7) is 6.26. The molecule has 0 aromatic rings. The molecule has 0 radical (unpaired) electrons. The molecule has 4 nitrogen and oxygen atoms in total. The van der Waals surface area contributed by atoms with E-state index in [1.807, 2.05) is 0 Å². The predicted octanol–water partition coefficient (Wildman–Crippen LogP) is 0.696. The highest BCUT2D eigenvalue weighted by molar-refractivity contribution is 4.91. The summed E-state index contributed by atoms with van der Waals surface area (Å²) < 4.78 is 5.53. The Morgan fingerprint density at radius 1 is 0.944 bits per heavy atom. The Labute approximate surface area is 110 Å². The van der Waals surface area contributed by atoms with Crippen molar-refractivity contribution in [3.05, 3.63) is 0 Å². The Kier molecular flexibility index (Phi) is 4.19. The van der Waals surface area contributed by atoms with E-state index in [0.29, 0.717) is 6.61 Å². The maximum absolute atomic E-state index is 10.1. The molecule has 0 bridgehead atoms. The predicted molar refractivity (Wildman–Crippen MR) is 70.6 cm³/mol.